The molecule has 2 N–H and O–H groups in total. The molecule has 3 atom stereocenters. The Hall–Kier alpha value is -3.81. The number of fused-ring (bicyclic) bond motifs is 1. The molecule has 1 fully saturated rings. The van der Waals surface area contributed by atoms with Gasteiger partial charge in [-0.25, -0.2) is 18.1 Å². The fourth-order valence-electron chi connectivity index (χ4n) is 4.27. The van der Waals surface area contributed by atoms with Crippen molar-refractivity contribution in [2.45, 2.75) is 64.0 Å². The van der Waals surface area contributed by atoms with E-state index in [1.165, 1.54) is 32.0 Å². The van der Waals surface area contributed by atoms with Gasteiger partial charge in [-0.2, -0.15) is 0 Å². The first-order valence-electron chi connectivity index (χ1n) is 12.3. The van der Waals surface area contributed by atoms with Crippen LogP contribution in [0.5, 0.6) is 5.75 Å². The van der Waals surface area contributed by atoms with Crippen molar-refractivity contribution < 1.29 is 37.0 Å². The lowest BCUT2D eigenvalue weighted by Crippen LogP contribution is -2.41. The van der Waals surface area contributed by atoms with Crippen LogP contribution in [0.4, 0.5) is 5.69 Å². The highest BCUT2D eigenvalue weighted by Gasteiger charge is 2.39. The Morgan fingerprint density at radius 2 is 1.97 bits per heavy atom. The van der Waals surface area contributed by atoms with Gasteiger partial charge in [0.25, 0.3) is 0 Å². The summed E-state index contributed by atoms with van der Waals surface area (Å²) in [4.78, 5) is 39.3. The van der Waals surface area contributed by atoms with Crippen LogP contribution in [0, 0.1) is 0 Å². The third-order valence-corrected chi connectivity index (χ3v) is 7.49. The number of ketones is 1. The lowest BCUT2D eigenvalue weighted by Gasteiger charge is -2.22. The third kappa shape index (κ3) is 6.61. The molecule has 2 unspecified atom stereocenters. The van der Waals surface area contributed by atoms with Crippen molar-refractivity contribution in [2.24, 2.45) is 0 Å². The zero-order valence-electron chi connectivity index (χ0n) is 22.0. The minimum absolute atomic E-state index is 0.00254. The number of rotatable bonds is 11. The highest BCUT2D eigenvalue weighted by Crippen LogP contribution is 2.30. The van der Waals surface area contributed by atoms with Gasteiger partial charge in [-0.15, -0.1) is 0 Å². The van der Waals surface area contributed by atoms with E-state index >= 15 is 0 Å². The fraction of sp³-hybridized carbons (Fsp3) is 0.385. The minimum Gasteiger partial charge on any atom is -0.487 e. The number of hydrogen-bond donors (Lipinski definition) is 2. The van der Waals surface area contributed by atoms with Crippen molar-refractivity contribution in [2.75, 3.05) is 11.9 Å². The molecule has 0 bridgehead atoms. The average molecular weight is 559 g/mol. The van der Waals surface area contributed by atoms with Crippen LogP contribution in [0.2, 0.25) is 0 Å². The van der Waals surface area contributed by atoms with E-state index in [1.54, 1.807) is 38.4 Å². The Balaban J connectivity index is 1.60. The summed E-state index contributed by atoms with van der Waals surface area (Å²) in [5.74, 6) is -0.970. The van der Waals surface area contributed by atoms with Crippen LogP contribution >= 0.6 is 0 Å². The molecule has 1 aliphatic rings. The van der Waals surface area contributed by atoms with E-state index in [0.29, 0.717) is 23.3 Å². The maximum atomic E-state index is 13.4. The van der Waals surface area contributed by atoms with E-state index in [4.69, 9.17) is 14.2 Å². The van der Waals surface area contributed by atoms with Gasteiger partial charge >= 0.3 is 5.97 Å². The van der Waals surface area contributed by atoms with E-state index < -0.39 is 34.4 Å². The van der Waals surface area contributed by atoms with Gasteiger partial charge in [0.05, 0.1) is 36.4 Å². The van der Waals surface area contributed by atoms with E-state index in [2.05, 4.69) is 15.0 Å². The summed E-state index contributed by atoms with van der Waals surface area (Å²) < 4.78 is 47.7. The van der Waals surface area contributed by atoms with Gasteiger partial charge in [-0.05, 0) is 51.1 Å². The van der Waals surface area contributed by atoms with Crippen molar-refractivity contribution in [1.29, 1.82) is 0 Å². The van der Waals surface area contributed by atoms with Crippen molar-refractivity contribution in [1.82, 2.24) is 14.3 Å². The molecule has 1 aromatic heterocycles. The lowest BCUT2D eigenvalue weighted by atomic mass is 10.1. The van der Waals surface area contributed by atoms with Gasteiger partial charge in [-0.1, -0.05) is 0 Å². The zero-order chi connectivity index (χ0) is 28.3. The van der Waals surface area contributed by atoms with Crippen LogP contribution in [-0.4, -0.2) is 60.7 Å². The predicted molar refractivity (Wildman–Crippen MR) is 141 cm³/mol. The smallest absolute Gasteiger partial charge is 0.310 e. The summed E-state index contributed by atoms with van der Waals surface area (Å²) in [5, 5.41) is 2.62. The molecule has 0 saturated carbocycles. The summed E-state index contributed by atoms with van der Waals surface area (Å²) in [7, 11) is -4.20. The highest BCUT2D eigenvalue weighted by atomic mass is 32.2. The molecule has 1 aliphatic heterocycles. The Morgan fingerprint density at radius 1 is 1.21 bits per heavy atom. The first-order valence-corrected chi connectivity index (χ1v) is 13.8. The number of nitrogens with zero attached hydrogens (tertiary/aromatic N) is 2. The predicted octanol–water partition coefficient (Wildman–Crippen LogP) is 2.62. The molecule has 0 spiro atoms. The zero-order valence-corrected chi connectivity index (χ0v) is 22.8. The molecule has 12 nitrogen and oxygen atoms in total. The molecule has 0 radical (unpaired) electrons. The first-order chi connectivity index (χ1) is 18.5. The number of benzene rings is 2. The summed E-state index contributed by atoms with van der Waals surface area (Å²) >= 11 is 0. The maximum Gasteiger partial charge on any atom is 0.310 e. The van der Waals surface area contributed by atoms with Gasteiger partial charge in [-0.3, -0.25) is 14.4 Å². The number of imidazole rings is 1. The number of Topliss-reactive ketones (excluding diaryl/α,β-unsaturated/α-hetero) is 1. The number of nitrogens with one attached hydrogen (secondary N) is 2. The standard InChI is InChI=1S/C26H30N4O8S/c1-5-36-26-21(12-25(33)38-26)29-39(34,35)24-9-7-19(28-17(4)32)11-23(24)37-15(2)13-30-14-27-20-10-18(16(3)31)6-8-22(20)30/h6-11,14-15,21,26,29H,5,12-13H2,1-4H3,(H,28,32)/t15-,21?,26?/m1/s1. The topological polar surface area (TPSA) is 155 Å². The Kier molecular flexibility index (Phi) is 8.33. The molecule has 0 aliphatic carbocycles. The molecule has 13 heteroatoms. The largest absolute Gasteiger partial charge is 0.487 e. The fourth-order valence-corrected chi connectivity index (χ4v) is 5.61. The van der Waals surface area contributed by atoms with Crippen molar-refractivity contribution in [3.8, 4) is 5.75 Å². The maximum absolute atomic E-state index is 13.4. The number of aromatic nitrogens is 2. The number of cyclic esters (lactones) is 1. The van der Waals surface area contributed by atoms with Crippen molar-refractivity contribution >= 4 is 44.4 Å². The van der Waals surface area contributed by atoms with Crippen LogP contribution in [-0.2, 0) is 35.6 Å². The molecule has 2 heterocycles. The van der Waals surface area contributed by atoms with Crippen molar-refractivity contribution in [3.05, 3.63) is 48.3 Å². The van der Waals surface area contributed by atoms with Gasteiger partial charge in [0.2, 0.25) is 22.2 Å². The van der Waals surface area contributed by atoms with Crippen LogP contribution in [0.3, 0.4) is 0 Å². The number of hydrogen-bond acceptors (Lipinski definition) is 9. The summed E-state index contributed by atoms with van der Waals surface area (Å²) in [5.41, 5.74) is 2.33. The lowest BCUT2D eigenvalue weighted by molar-refractivity contribution is -0.163. The van der Waals surface area contributed by atoms with Crippen LogP contribution in [0.15, 0.2) is 47.6 Å². The monoisotopic (exact) mass is 558 g/mol. The number of anilines is 1. The molecule has 2 aromatic carbocycles. The number of carbonyl (C=O) groups is 3. The third-order valence-electron chi connectivity index (χ3n) is 5.96. The quantitative estimate of drug-likeness (QED) is 0.267. The molecule has 3 aromatic rings. The molecule has 1 saturated heterocycles. The van der Waals surface area contributed by atoms with Crippen LogP contribution in [0.1, 0.15) is 44.5 Å². The number of sulfonamides is 1. The molecule has 208 valence electrons. The molecule has 39 heavy (non-hydrogen) atoms. The summed E-state index contributed by atoms with van der Waals surface area (Å²) in [6.45, 7) is 6.83. The van der Waals surface area contributed by atoms with Gasteiger partial charge in [0, 0.05) is 30.8 Å². The highest BCUT2D eigenvalue weighted by molar-refractivity contribution is 7.89. The Bertz CT molecular complexity index is 1520. The average Bonchev–Trinajstić information content (AvgIpc) is 3.40. The molecule has 4 rings (SSSR count). The van der Waals surface area contributed by atoms with Gasteiger partial charge in [0.1, 0.15) is 16.7 Å². The van der Waals surface area contributed by atoms with Gasteiger partial charge in [0.15, 0.2) is 5.78 Å². The number of carbonyl (C=O) groups excluding carboxylic acids is 3. The SMILES string of the molecule is CCOC1OC(=O)CC1NS(=O)(=O)c1ccc(NC(C)=O)cc1O[C@H](C)Cn1cnc2cc(C(C)=O)ccc21. The summed E-state index contributed by atoms with van der Waals surface area (Å²) in [6, 6.07) is 8.49. The number of ether oxygens (including phenoxy) is 3. The minimum atomic E-state index is -4.20. The Morgan fingerprint density at radius 3 is 2.67 bits per heavy atom. The second-order valence-electron chi connectivity index (χ2n) is 9.17. The second kappa shape index (κ2) is 11.5. The number of esters is 1. The van der Waals surface area contributed by atoms with Crippen LogP contribution < -0.4 is 14.8 Å². The summed E-state index contributed by atoms with van der Waals surface area (Å²) in [6.07, 6.45) is -0.146. The van der Waals surface area contributed by atoms with E-state index in [-0.39, 0.29) is 35.4 Å². The second-order valence-corrected chi connectivity index (χ2v) is 10.9. The van der Waals surface area contributed by atoms with Crippen LogP contribution in [0.25, 0.3) is 11.0 Å². The number of amides is 1. The van der Waals surface area contributed by atoms with E-state index in [1.807, 2.05) is 4.57 Å². The molecular formula is C26H30N4O8S. The molecular weight excluding hydrogens is 528 g/mol. The normalized spacial score (nSPS) is 18.1. The Labute approximate surface area is 225 Å². The van der Waals surface area contributed by atoms with Crippen molar-refractivity contribution in [3.63, 3.8) is 0 Å². The van der Waals surface area contributed by atoms with E-state index in [9.17, 15) is 22.8 Å². The first kappa shape index (κ1) is 28.2. The van der Waals surface area contributed by atoms with E-state index in [0.717, 1.165) is 5.52 Å². The van der Waals surface area contributed by atoms with Gasteiger partial charge < -0.3 is 24.1 Å². The molecule has 1 amide bonds.